The number of imidazole rings is 1. The highest BCUT2D eigenvalue weighted by Crippen LogP contribution is 2.45. The minimum absolute atomic E-state index is 0.379. The van der Waals surface area contributed by atoms with E-state index in [1.807, 2.05) is 12.1 Å². The molecular weight excluding hydrogens is 274 g/mol. The van der Waals surface area contributed by atoms with Crippen LogP contribution >= 0.6 is 11.6 Å². The van der Waals surface area contributed by atoms with Crippen molar-refractivity contribution in [3.63, 3.8) is 0 Å². The summed E-state index contributed by atoms with van der Waals surface area (Å²) in [7, 11) is 1.63. The summed E-state index contributed by atoms with van der Waals surface area (Å²) in [6.45, 7) is 4.64. The Bertz CT molecular complexity index is 635. The van der Waals surface area contributed by atoms with Gasteiger partial charge in [0.2, 0.25) is 5.88 Å². The lowest BCUT2D eigenvalue weighted by molar-refractivity contribution is 0.358. The average Bonchev–Trinajstić information content (AvgIpc) is 2.97. The summed E-state index contributed by atoms with van der Waals surface area (Å²) in [5, 5.41) is 0. The van der Waals surface area contributed by atoms with Crippen molar-refractivity contribution >= 4 is 22.8 Å². The lowest BCUT2D eigenvalue weighted by Gasteiger charge is -2.19. The van der Waals surface area contributed by atoms with E-state index in [-0.39, 0.29) is 0 Å². The number of pyridine rings is 1. The fraction of sp³-hybridized carbons (Fsp3) is 0.600. The summed E-state index contributed by atoms with van der Waals surface area (Å²) < 4.78 is 7.46. The fourth-order valence-electron chi connectivity index (χ4n) is 3.21. The quantitative estimate of drug-likeness (QED) is 0.805. The van der Waals surface area contributed by atoms with Crippen molar-refractivity contribution in [2.75, 3.05) is 7.11 Å². The number of rotatable bonds is 3. The maximum Gasteiger partial charge on any atom is 0.215 e. The monoisotopic (exact) mass is 293 g/mol. The number of fused-ring (bicyclic) bond motifs is 1. The molecule has 0 aliphatic heterocycles. The third kappa shape index (κ3) is 2.26. The highest BCUT2D eigenvalue weighted by Gasteiger charge is 2.34. The van der Waals surface area contributed by atoms with Crippen LogP contribution in [-0.4, -0.2) is 21.6 Å². The van der Waals surface area contributed by atoms with E-state index in [2.05, 4.69) is 28.4 Å². The molecule has 2 aromatic rings. The van der Waals surface area contributed by atoms with Crippen molar-refractivity contribution in [3.05, 3.63) is 18.0 Å². The molecule has 0 saturated heterocycles. The zero-order valence-electron chi connectivity index (χ0n) is 12.2. The Labute approximate surface area is 124 Å². The average molecular weight is 294 g/mol. The molecule has 2 heterocycles. The number of hydrogen-bond acceptors (Lipinski definition) is 3. The number of alkyl halides is 1. The SMILES string of the molecule is COc1ccc2nc(CCl)n(C3CCC(C)(C)C3)c2n1. The standard InChI is InChI=1S/C15H20ClN3O/c1-15(2)7-6-10(8-15)19-12(9-16)17-11-4-5-13(20-3)18-14(11)19/h4-5,10H,6-9H2,1-3H3. The van der Waals surface area contributed by atoms with Gasteiger partial charge in [-0.15, -0.1) is 11.6 Å². The second-order valence-electron chi connectivity index (χ2n) is 6.29. The minimum Gasteiger partial charge on any atom is -0.481 e. The van der Waals surface area contributed by atoms with Crippen LogP contribution in [0.15, 0.2) is 12.1 Å². The van der Waals surface area contributed by atoms with E-state index >= 15 is 0 Å². The molecule has 20 heavy (non-hydrogen) atoms. The van der Waals surface area contributed by atoms with E-state index in [1.165, 1.54) is 6.42 Å². The summed E-state index contributed by atoms with van der Waals surface area (Å²) in [4.78, 5) is 9.19. The predicted molar refractivity (Wildman–Crippen MR) is 80.3 cm³/mol. The van der Waals surface area contributed by atoms with Gasteiger partial charge in [-0.05, 0) is 30.7 Å². The van der Waals surface area contributed by atoms with Gasteiger partial charge in [0.25, 0.3) is 0 Å². The van der Waals surface area contributed by atoms with E-state index in [9.17, 15) is 0 Å². The molecule has 1 saturated carbocycles. The van der Waals surface area contributed by atoms with Crippen LogP contribution in [0.1, 0.15) is 45.0 Å². The normalized spacial score (nSPS) is 21.5. The number of methoxy groups -OCH3 is 1. The van der Waals surface area contributed by atoms with E-state index in [0.29, 0.717) is 23.2 Å². The third-order valence-electron chi connectivity index (χ3n) is 4.22. The van der Waals surface area contributed by atoms with Gasteiger partial charge in [-0.1, -0.05) is 13.8 Å². The van der Waals surface area contributed by atoms with E-state index in [0.717, 1.165) is 29.8 Å². The molecule has 3 rings (SSSR count). The Balaban J connectivity index is 2.12. The molecular formula is C15H20ClN3O. The Kier molecular flexibility index (Phi) is 3.36. The first-order valence-corrected chi connectivity index (χ1v) is 7.55. The number of aromatic nitrogens is 3. The molecule has 1 unspecified atom stereocenters. The van der Waals surface area contributed by atoms with Gasteiger partial charge >= 0.3 is 0 Å². The van der Waals surface area contributed by atoms with Crippen LogP contribution in [0, 0.1) is 5.41 Å². The van der Waals surface area contributed by atoms with Gasteiger partial charge in [0.15, 0.2) is 5.65 Å². The molecule has 1 fully saturated rings. The summed E-state index contributed by atoms with van der Waals surface area (Å²) in [6, 6.07) is 4.23. The van der Waals surface area contributed by atoms with Gasteiger partial charge in [-0.3, -0.25) is 0 Å². The number of ether oxygens (including phenoxy) is 1. The summed E-state index contributed by atoms with van der Waals surface area (Å²) >= 11 is 6.08. The van der Waals surface area contributed by atoms with Crippen molar-refractivity contribution in [3.8, 4) is 5.88 Å². The predicted octanol–water partition coefficient (Wildman–Crippen LogP) is 3.93. The molecule has 108 valence electrons. The van der Waals surface area contributed by atoms with Gasteiger partial charge < -0.3 is 9.30 Å². The van der Waals surface area contributed by atoms with Crippen molar-refractivity contribution in [1.82, 2.24) is 14.5 Å². The second-order valence-corrected chi connectivity index (χ2v) is 6.56. The zero-order chi connectivity index (χ0) is 14.3. The van der Waals surface area contributed by atoms with Crippen molar-refractivity contribution in [2.24, 2.45) is 5.41 Å². The molecule has 0 spiro atoms. The largest absolute Gasteiger partial charge is 0.481 e. The molecule has 0 radical (unpaired) electrons. The molecule has 0 amide bonds. The lowest BCUT2D eigenvalue weighted by Crippen LogP contribution is -2.12. The van der Waals surface area contributed by atoms with Crippen LogP contribution in [0.2, 0.25) is 0 Å². The molecule has 5 heteroatoms. The number of halogens is 1. The Morgan fingerprint density at radius 2 is 2.20 bits per heavy atom. The van der Waals surface area contributed by atoms with Gasteiger partial charge in [0.1, 0.15) is 11.3 Å². The van der Waals surface area contributed by atoms with Crippen molar-refractivity contribution in [2.45, 2.75) is 45.0 Å². The summed E-state index contributed by atoms with van der Waals surface area (Å²) in [5.41, 5.74) is 2.16. The molecule has 2 aromatic heterocycles. The van der Waals surface area contributed by atoms with Crippen LogP contribution in [0.3, 0.4) is 0 Å². The van der Waals surface area contributed by atoms with Crippen molar-refractivity contribution < 1.29 is 4.74 Å². The van der Waals surface area contributed by atoms with Crippen LogP contribution in [-0.2, 0) is 5.88 Å². The maximum absolute atomic E-state index is 6.08. The highest BCUT2D eigenvalue weighted by molar-refractivity contribution is 6.16. The summed E-state index contributed by atoms with van der Waals surface area (Å²) in [5.74, 6) is 1.94. The van der Waals surface area contributed by atoms with Crippen molar-refractivity contribution in [1.29, 1.82) is 0 Å². The van der Waals surface area contributed by atoms with Gasteiger partial charge in [0, 0.05) is 12.1 Å². The number of nitrogens with zero attached hydrogens (tertiary/aromatic N) is 3. The molecule has 0 N–H and O–H groups in total. The van der Waals surface area contributed by atoms with E-state index in [4.69, 9.17) is 16.3 Å². The molecule has 0 bridgehead atoms. The molecule has 4 nitrogen and oxygen atoms in total. The zero-order valence-corrected chi connectivity index (χ0v) is 12.9. The van der Waals surface area contributed by atoms with Gasteiger partial charge in [-0.25, -0.2) is 4.98 Å². The molecule has 0 aromatic carbocycles. The van der Waals surface area contributed by atoms with Crippen LogP contribution in [0.25, 0.3) is 11.2 Å². The van der Waals surface area contributed by atoms with Crippen LogP contribution in [0.4, 0.5) is 0 Å². The van der Waals surface area contributed by atoms with Gasteiger partial charge in [0.05, 0.1) is 13.0 Å². The fourth-order valence-corrected chi connectivity index (χ4v) is 3.40. The van der Waals surface area contributed by atoms with Crippen LogP contribution < -0.4 is 4.74 Å². The maximum atomic E-state index is 6.08. The lowest BCUT2D eigenvalue weighted by atomic mass is 9.92. The Morgan fingerprint density at radius 1 is 1.40 bits per heavy atom. The van der Waals surface area contributed by atoms with E-state index in [1.54, 1.807) is 7.11 Å². The van der Waals surface area contributed by atoms with E-state index < -0.39 is 0 Å². The highest BCUT2D eigenvalue weighted by atomic mass is 35.5. The second kappa shape index (κ2) is 4.92. The Hall–Kier alpha value is -1.29. The van der Waals surface area contributed by atoms with Gasteiger partial charge in [-0.2, -0.15) is 4.98 Å². The smallest absolute Gasteiger partial charge is 0.215 e. The topological polar surface area (TPSA) is 39.9 Å². The first-order chi connectivity index (χ1) is 9.54. The number of hydrogen-bond donors (Lipinski definition) is 0. The van der Waals surface area contributed by atoms with Crippen LogP contribution in [0.5, 0.6) is 5.88 Å². The molecule has 1 aliphatic rings. The molecule has 1 aliphatic carbocycles. The third-order valence-corrected chi connectivity index (χ3v) is 4.46. The summed E-state index contributed by atoms with van der Waals surface area (Å²) in [6.07, 6.45) is 3.52. The minimum atomic E-state index is 0.379. The first kappa shape index (κ1) is 13.7. The first-order valence-electron chi connectivity index (χ1n) is 7.02. The molecule has 1 atom stereocenters. The Morgan fingerprint density at radius 3 is 2.80 bits per heavy atom.